The van der Waals surface area contributed by atoms with Gasteiger partial charge >= 0.3 is 0 Å². The van der Waals surface area contributed by atoms with Gasteiger partial charge in [0.1, 0.15) is 12.4 Å². The van der Waals surface area contributed by atoms with Crippen LogP contribution in [0.25, 0.3) is 0 Å². The Morgan fingerprint density at radius 3 is 2.67 bits per heavy atom. The van der Waals surface area contributed by atoms with Crippen LogP contribution in [0.2, 0.25) is 10.0 Å². The molecule has 1 N–H and O–H groups in total. The van der Waals surface area contributed by atoms with E-state index in [-0.39, 0.29) is 0 Å². The zero-order chi connectivity index (χ0) is 15.1. The fourth-order valence-electron chi connectivity index (χ4n) is 1.92. The minimum atomic E-state index is 0.469. The monoisotopic (exact) mass is 321 g/mol. The van der Waals surface area contributed by atoms with Gasteiger partial charge in [0.2, 0.25) is 0 Å². The third-order valence-electron chi connectivity index (χ3n) is 2.91. The maximum atomic E-state index is 6.05. The van der Waals surface area contributed by atoms with Crippen LogP contribution in [-0.2, 0) is 13.2 Å². The summed E-state index contributed by atoms with van der Waals surface area (Å²) < 4.78 is 5.88. The summed E-state index contributed by atoms with van der Waals surface area (Å²) in [7, 11) is 0. The normalized spacial score (nSPS) is 10.4. The minimum absolute atomic E-state index is 0.469. The topological polar surface area (TPSA) is 21.3 Å². The number of halogens is 2. The lowest BCUT2D eigenvalue weighted by molar-refractivity contribution is 0.302. The molecular formula is C17H17Cl2NO. The first-order chi connectivity index (χ1) is 10.2. The molecule has 0 aliphatic rings. The molecule has 110 valence electrons. The molecule has 0 aromatic heterocycles. The van der Waals surface area contributed by atoms with Crippen LogP contribution in [0.15, 0.2) is 55.1 Å². The molecule has 0 bridgehead atoms. The first kappa shape index (κ1) is 15.9. The quantitative estimate of drug-likeness (QED) is 0.581. The summed E-state index contributed by atoms with van der Waals surface area (Å²) in [5.74, 6) is 0.816. The van der Waals surface area contributed by atoms with Crippen LogP contribution < -0.4 is 10.1 Å². The van der Waals surface area contributed by atoms with Crippen LogP contribution >= 0.6 is 23.2 Å². The summed E-state index contributed by atoms with van der Waals surface area (Å²) in [6.45, 7) is 5.57. The number of hydrogen-bond acceptors (Lipinski definition) is 2. The van der Waals surface area contributed by atoms with E-state index in [9.17, 15) is 0 Å². The molecule has 0 saturated heterocycles. The number of nitrogens with one attached hydrogen (secondary N) is 1. The minimum Gasteiger partial charge on any atom is -0.489 e. The first-order valence-electron chi connectivity index (χ1n) is 6.66. The summed E-state index contributed by atoms with van der Waals surface area (Å²) in [5.41, 5.74) is 2.05. The summed E-state index contributed by atoms with van der Waals surface area (Å²) in [6, 6.07) is 13.3. The maximum absolute atomic E-state index is 6.05. The molecule has 0 aliphatic heterocycles. The SMILES string of the molecule is C=CCNCc1cc(Cl)ccc1OCc1cccc(Cl)c1. The van der Waals surface area contributed by atoms with Gasteiger partial charge in [-0.1, -0.05) is 41.4 Å². The van der Waals surface area contributed by atoms with Gasteiger partial charge < -0.3 is 10.1 Å². The Bertz CT molecular complexity index is 613. The van der Waals surface area contributed by atoms with Crippen molar-refractivity contribution in [1.82, 2.24) is 5.32 Å². The maximum Gasteiger partial charge on any atom is 0.124 e. The molecule has 2 aromatic carbocycles. The van der Waals surface area contributed by atoms with E-state index in [1.807, 2.05) is 48.5 Å². The van der Waals surface area contributed by atoms with Crippen molar-refractivity contribution in [3.05, 3.63) is 76.3 Å². The fraction of sp³-hybridized carbons (Fsp3) is 0.176. The van der Waals surface area contributed by atoms with Gasteiger partial charge in [-0.3, -0.25) is 0 Å². The van der Waals surface area contributed by atoms with Gasteiger partial charge in [0.05, 0.1) is 0 Å². The van der Waals surface area contributed by atoms with Crippen LogP contribution in [0.3, 0.4) is 0 Å². The van der Waals surface area contributed by atoms with E-state index < -0.39 is 0 Å². The van der Waals surface area contributed by atoms with E-state index in [4.69, 9.17) is 27.9 Å². The molecule has 2 nitrogen and oxygen atoms in total. The molecule has 0 atom stereocenters. The number of hydrogen-bond donors (Lipinski definition) is 1. The summed E-state index contributed by atoms with van der Waals surface area (Å²) in [5, 5.41) is 4.65. The third kappa shape index (κ3) is 5.09. The highest BCUT2D eigenvalue weighted by Crippen LogP contribution is 2.24. The van der Waals surface area contributed by atoms with E-state index in [0.717, 1.165) is 23.4 Å². The predicted octanol–water partition coefficient (Wildman–Crippen LogP) is 4.85. The van der Waals surface area contributed by atoms with Gasteiger partial charge in [-0.2, -0.15) is 0 Å². The standard InChI is InChI=1S/C17H17Cl2NO/c1-2-8-20-11-14-10-16(19)6-7-17(14)21-12-13-4-3-5-15(18)9-13/h2-7,9-10,20H,1,8,11-12H2. The largest absolute Gasteiger partial charge is 0.489 e. The van der Waals surface area contributed by atoms with Crippen LogP contribution in [0, 0.1) is 0 Å². The average Bonchev–Trinajstić information content (AvgIpc) is 2.47. The lowest BCUT2D eigenvalue weighted by Crippen LogP contribution is -2.13. The summed E-state index contributed by atoms with van der Waals surface area (Å²) in [6.07, 6.45) is 1.82. The molecule has 2 rings (SSSR count). The van der Waals surface area contributed by atoms with Crippen molar-refractivity contribution in [1.29, 1.82) is 0 Å². The van der Waals surface area contributed by atoms with Crippen LogP contribution in [-0.4, -0.2) is 6.54 Å². The second-order valence-corrected chi connectivity index (χ2v) is 5.46. The van der Waals surface area contributed by atoms with Crippen molar-refractivity contribution in [3.63, 3.8) is 0 Å². The van der Waals surface area contributed by atoms with Crippen molar-refractivity contribution in [3.8, 4) is 5.75 Å². The lowest BCUT2D eigenvalue weighted by atomic mass is 10.2. The Hall–Kier alpha value is -1.48. The van der Waals surface area contributed by atoms with Gasteiger partial charge in [0, 0.05) is 28.7 Å². The Kier molecular flexibility index (Phi) is 6.12. The molecular weight excluding hydrogens is 305 g/mol. The second kappa shape index (κ2) is 8.08. The van der Waals surface area contributed by atoms with Gasteiger partial charge in [-0.15, -0.1) is 6.58 Å². The van der Waals surface area contributed by atoms with Gasteiger partial charge in [0.15, 0.2) is 0 Å². The van der Waals surface area contributed by atoms with Crippen LogP contribution in [0.5, 0.6) is 5.75 Å². The smallest absolute Gasteiger partial charge is 0.124 e. The number of benzene rings is 2. The van der Waals surface area contributed by atoms with E-state index >= 15 is 0 Å². The molecule has 21 heavy (non-hydrogen) atoms. The molecule has 0 unspecified atom stereocenters. The molecule has 0 radical (unpaired) electrons. The highest BCUT2D eigenvalue weighted by atomic mass is 35.5. The highest BCUT2D eigenvalue weighted by molar-refractivity contribution is 6.30. The van der Waals surface area contributed by atoms with Crippen LogP contribution in [0.1, 0.15) is 11.1 Å². The molecule has 0 fully saturated rings. The summed E-state index contributed by atoms with van der Waals surface area (Å²) >= 11 is 12.0. The fourth-order valence-corrected chi connectivity index (χ4v) is 2.33. The average molecular weight is 322 g/mol. The Balaban J connectivity index is 2.06. The molecule has 0 spiro atoms. The lowest BCUT2D eigenvalue weighted by Gasteiger charge is -2.12. The summed E-state index contributed by atoms with van der Waals surface area (Å²) in [4.78, 5) is 0. The van der Waals surface area contributed by atoms with Gasteiger partial charge in [-0.05, 0) is 35.9 Å². The number of ether oxygens (including phenoxy) is 1. The third-order valence-corrected chi connectivity index (χ3v) is 3.38. The van der Waals surface area contributed by atoms with Crippen molar-refractivity contribution in [2.45, 2.75) is 13.2 Å². The second-order valence-electron chi connectivity index (χ2n) is 4.59. The number of rotatable bonds is 7. The van der Waals surface area contributed by atoms with E-state index in [1.165, 1.54) is 0 Å². The molecule has 2 aromatic rings. The Labute approximate surface area is 135 Å². The molecule has 4 heteroatoms. The predicted molar refractivity (Wildman–Crippen MR) is 89.1 cm³/mol. The van der Waals surface area contributed by atoms with E-state index in [1.54, 1.807) is 0 Å². The highest BCUT2D eigenvalue weighted by Gasteiger charge is 2.05. The Morgan fingerprint density at radius 1 is 1.10 bits per heavy atom. The molecule has 0 aliphatic carbocycles. The van der Waals surface area contributed by atoms with E-state index in [2.05, 4.69) is 11.9 Å². The van der Waals surface area contributed by atoms with Crippen molar-refractivity contribution in [2.75, 3.05) is 6.54 Å². The van der Waals surface area contributed by atoms with Crippen LogP contribution in [0.4, 0.5) is 0 Å². The van der Waals surface area contributed by atoms with Gasteiger partial charge in [-0.25, -0.2) is 0 Å². The van der Waals surface area contributed by atoms with Crippen molar-refractivity contribution >= 4 is 23.2 Å². The molecule has 0 saturated carbocycles. The Morgan fingerprint density at radius 2 is 1.90 bits per heavy atom. The first-order valence-corrected chi connectivity index (χ1v) is 7.42. The zero-order valence-electron chi connectivity index (χ0n) is 11.6. The molecule has 0 heterocycles. The molecule has 0 amide bonds. The zero-order valence-corrected chi connectivity index (χ0v) is 13.1. The van der Waals surface area contributed by atoms with E-state index in [0.29, 0.717) is 23.2 Å². The van der Waals surface area contributed by atoms with Crippen molar-refractivity contribution in [2.24, 2.45) is 0 Å². The van der Waals surface area contributed by atoms with Crippen molar-refractivity contribution < 1.29 is 4.74 Å². The van der Waals surface area contributed by atoms with Gasteiger partial charge in [0.25, 0.3) is 0 Å².